The van der Waals surface area contributed by atoms with E-state index in [0.29, 0.717) is 0 Å². The van der Waals surface area contributed by atoms with Crippen LogP contribution >= 0.6 is 11.8 Å². The average Bonchev–Trinajstić information content (AvgIpc) is 2.36. The van der Waals surface area contributed by atoms with Gasteiger partial charge in [0.05, 0.1) is 5.75 Å². The number of carboxylic acids is 1. The highest BCUT2D eigenvalue weighted by Crippen LogP contribution is 2.20. The molecule has 0 saturated carbocycles. The quantitative estimate of drug-likeness (QED) is 0.842. The molecule has 0 heterocycles. The third kappa shape index (κ3) is 3.99. The minimum atomic E-state index is -1.19. The van der Waals surface area contributed by atoms with Crippen LogP contribution in [0.15, 0.2) is 29.2 Å². The second-order valence-electron chi connectivity index (χ2n) is 4.92. The molecule has 0 aromatic heterocycles. The number of carbonyl (C=O) groups excluding carboxylic acids is 1. The molecule has 0 fully saturated rings. The number of aliphatic carboxylic acids is 1. The summed E-state index contributed by atoms with van der Waals surface area (Å²) in [7, 11) is 1.52. The first-order valence-electron chi connectivity index (χ1n) is 5.94. The molecule has 1 N–H and O–H groups in total. The molecule has 0 aliphatic rings. The summed E-state index contributed by atoms with van der Waals surface area (Å²) in [6.07, 6.45) is 0. The lowest BCUT2D eigenvalue weighted by Gasteiger charge is -2.31. The van der Waals surface area contributed by atoms with Gasteiger partial charge in [0.2, 0.25) is 5.91 Å². The molecule has 1 amide bonds. The van der Waals surface area contributed by atoms with Crippen LogP contribution in [0, 0.1) is 6.92 Å². The highest BCUT2D eigenvalue weighted by Gasteiger charge is 2.34. The molecule has 1 aromatic rings. The average molecular weight is 281 g/mol. The van der Waals surface area contributed by atoms with Crippen molar-refractivity contribution in [2.45, 2.75) is 31.2 Å². The summed E-state index contributed by atoms with van der Waals surface area (Å²) in [6, 6.07) is 7.88. The Morgan fingerprint density at radius 3 is 2.26 bits per heavy atom. The van der Waals surface area contributed by atoms with Crippen molar-refractivity contribution >= 4 is 23.6 Å². The zero-order valence-corrected chi connectivity index (χ0v) is 12.5. The molecule has 0 aliphatic heterocycles. The van der Waals surface area contributed by atoms with E-state index in [0.717, 1.165) is 4.90 Å². The molecule has 0 radical (unpaired) electrons. The molecule has 0 spiro atoms. The standard InChI is InChI=1S/C14H19NO3S/c1-10-5-7-11(8-6-10)19-9-12(16)15(4)14(2,3)13(17)18/h5-8H,9H2,1-4H3,(H,17,18). The Hall–Kier alpha value is -1.49. The van der Waals surface area contributed by atoms with E-state index in [2.05, 4.69) is 0 Å². The van der Waals surface area contributed by atoms with Gasteiger partial charge in [0.25, 0.3) is 0 Å². The maximum atomic E-state index is 12.0. The minimum Gasteiger partial charge on any atom is -0.480 e. The van der Waals surface area contributed by atoms with E-state index < -0.39 is 11.5 Å². The number of likely N-dealkylation sites (N-methyl/N-ethyl adjacent to an activating group) is 1. The van der Waals surface area contributed by atoms with Crippen molar-refractivity contribution in [3.8, 4) is 0 Å². The molecule has 4 nitrogen and oxygen atoms in total. The lowest BCUT2D eigenvalue weighted by atomic mass is 10.0. The number of rotatable bonds is 5. The van der Waals surface area contributed by atoms with Gasteiger partial charge in [-0.15, -0.1) is 11.8 Å². The molecule has 0 bridgehead atoms. The normalized spacial score (nSPS) is 11.2. The number of hydrogen-bond donors (Lipinski definition) is 1. The van der Waals surface area contributed by atoms with Gasteiger partial charge in [-0.25, -0.2) is 4.79 Å². The Labute approximate surface area is 117 Å². The summed E-state index contributed by atoms with van der Waals surface area (Å²) in [6.45, 7) is 5.04. The van der Waals surface area contributed by atoms with Crippen LogP contribution in [0.1, 0.15) is 19.4 Å². The van der Waals surface area contributed by atoms with Gasteiger partial charge < -0.3 is 10.0 Å². The summed E-state index contributed by atoms with van der Waals surface area (Å²) in [5, 5.41) is 9.08. The first-order valence-corrected chi connectivity index (χ1v) is 6.93. The van der Waals surface area contributed by atoms with Crippen molar-refractivity contribution in [1.82, 2.24) is 4.90 Å². The van der Waals surface area contributed by atoms with Crippen molar-refractivity contribution in [2.75, 3.05) is 12.8 Å². The van der Waals surface area contributed by atoms with Crippen LogP contribution in [-0.4, -0.2) is 40.2 Å². The van der Waals surface area contributed by atoms with Gasteiger partial charge in [0.15, 0.2) is 0 Å². The number of carbonyl (C=O) groups is 2. The van der Waals surface area contributed by atoms with Gasteiger partial charge in [-0.1, -0.05) is 17.7 Å². The van der Waals surface area contributed by atoms with Crippen LogP contribution in [0.25, 0.3) is 0 Å². The van der Waals surface area contributed by atoms with Gasteiger partial charge >= 0.3 is 5.97 Å². The fourth-order valence-corrected chi connectivity index (χ4v) is 2.14. The maximum absolute atomic E-state index is 12.0. The molecule has 104 valence electrons. The van der Waals surface area contributed by atoms with Crippen molar-refractivity contribution in [3.05, 3.63) is 29.8 Å². The number of amides is 1. The highest BCUT2D eigenvalue weighted by atomic mass is 32.2. The number of benzene rings is 1. The van der Waals surface area contributed by atoms with Crippen molar-refractivity contribution in [3.63, 3.8) is 0 Å². The Morgan fingerprint density at radius 2 is 1.79 bits per heavy atom. The molecule has 0 unspecified atom stereocenters. The SMILES string of the molecule is Cc1ccc(SCC(=O)N(C)C(C)(C)C(=O)O)cc1. The first-order chi connectivity index (χ1) is 8.75. The van der Waals surface area contributed by atoms with E-state index in [-0.39, 0.29) is 11.7 Å². The number of thioether (sulfide) groups is 1. The number of hydrogen-bond acceptors (Lipinski definition) is 3. The predicted molar refractivity (Wildman–Crippen MR) is 76.4 cm³/mol. The zero-order valence-electron chi connectivity index (χ0n) is 11.6. The topological polar surface area (TPSA) is 57.6 Å². The van der Waals surface area contributed by atoms with Crippen LogP contribution in [-0.2, 0) is 9.59 Å². The van der Waals surface area contributed by atoms with Crippen molar-refractivity contribution in [1.29, 1.82) is 0 Å². The summed E-state index contributed by atoms with van der Waals surface area (Å²) < 4.78 is 0. The maximum Gasteiger partial charge on any atom is 0.329 e. The van der Waals surface area contributed by atoms with Gasteiger partial charge in [0, 0.05) is 11.9 Å². The van der Waals surface area contributed by atoms with Gasteiger partial charge in [0.1, 0.15) is 5.54 Å². The Morgan fingerprint density at radius 1 is 1.26 bits per heavy atom. The van der Waals surface area contributed by atoms with Crippen molar-refractivity contribution in [2.24, 2.45) is 0 Å². The first kappa shape index (κ1) is 15.6. The lowest BCUT2D eigenvalue weighted by Crippen LogP contribution is -2.51. The fraction of sp³-hybridized carbons (Fsp3) is 0.429. The molecule has 1 rings (SSSR count). The predicted octanol–water partition coefficient (Wildman–Crippen LogP) is 2.41. The summed E-state index contributed by atoms with van der Waals surface area (Å²) >= 11 is 1.41. The smallest absolute Gasteiger partial charge is 0.329 e. The fourth-order valence-electron chi connectivity index (χ4n) is 1.33. The molecular formula is C14H19NO3S. The highest BCUT2D eigenvalue weighted by molar-refractivity contribution is 8.00. The molecule has 19 heavy (non-hydrogen) atoms. The molecule has 0 atom stereocenters. The zero-order chi connectivity index (χ0) is 14.6. The molecule has 0 saturated heterocycles. The van der Waals surface area contributed by atoms with Gasteiger partial charge in [-0.3, -0.25) is 4.79 Å². The van der Waals surface area contributed by atoms with Gasteiger partial charge in [-0.05, 0) is 32.9 Å². The van der Waals surface area contributed by atoms with E-state index in [1.54, 1.807) is 0 Å². The molecule has 0 aliphatic carbocycles. The Balaban J connectivity index is 2.61. The molecule has 1 aromatic carbocycles. The minimum absolute atomic E-state index is 0.196. The second kappa shape index (κ2) is 6.10. The van der Waals surface area contributed by atoms with E-state index in [1.165, 1.54) is 43.1 Å². The van der Waals surface area contributed by atoms with Crippen LogP contribution in [0.5, 0.6) is 0 Å². The third-order valence-corrected chi connectivity index (χ3v) is 4.12. The van der Waals surface area contributed by atoms with Gasteiger partial charge in [-0.2, -0.15) is 0 Å². The second-order valence-corrected chi connectivity index (χ2v) is 5.97. The largest absolute Gasteiger partial charge is 0.480 e. The van der Waals surface area contributed by atoms with E-state index in [4.69, 9.17) is 5.11 Å². The van der Waals surface area contributed by atoms with Crippen LogP contribution in [0.2, 0.25) is 0 Å². The Kier molecular flexibility index (Phi) is 5.00. The van der Waals surface area contributed by atoms with Crippen LogP contribution < -0.4 is 0 Å². The number of nitrogens with zero attached hydrogens (tertiary/aromatic N) is 1. The lowest BCUT2D eigenvalue weighted by molar-refractivity contribution is -0.154. The van der Waals surface area contributed by atoms with Crippen molar-refractivity contribution < 1.29 is 14.7 Å². The molecular weight excluding hydrogens is 262 g/mol. The van der Waals surface area contributed by atoms with Crippen LogP contribution in [0.4, 0.5) is 0 Å². The summed E-state index contributed by atoms with van der Waals surface area (Å²) in [5.41, 5.74) is -0.0231. The number of aryl methyl sites for hydroxylation is 1. The van der Waals surface area contributed by atoms with E-state index in [1.807, 2.05) is 31.2 Å². The van der Waals surface area contributed by atoms with E-state index >= 15 is 0 Å². The monoisotopic (exact) mass is 281 g/mol. The third-order valence-electron chi connectivity index (χ3n) is 3.12. The van der Waals surface area contributed by atoms with E-state index in [9.17, 15) is 9.59 Å². The van der Waals surface area contributed by atoms with Crippen LogP contribution in [0.3, 0.4) is 0 Å². The molecule has 5 heteroatoms. The summed E-state index contributed by atoms with van der Waals surface area (Å²) in [5.74, 6) is -0.974. The summed E-state index contributed by atoms with van der Waals surface area (Å²) in [4.78, 5) is 25.3. The number of carboxylic acid groups (broad SMARTS) is 1. The Bertz CT molecular complexity index is 468.